The van der Waals surface area contributed by atoms with Gasteiger partial charge in [-0.3, -0.25) is 0 Å². The first kappa shape index (κ1) is 10.3. The van der Waals surface area contributed by atoms with Gasteiger partial charge in [0.25, 0.3) is 0 Å². The molecule has 0 heteroatoms. The summed E-state index contributed by atoms with van der Waals surface area (Å²) in [4.78, 5) is 0. The van der Waals surface area contributed by atoms with Gasteiger partial charge < -0.3 is 0 Å². The van der Waals surface area contributed by atoms with Crippen LogP contribution in [0.2, 0.25) is 0 Å². The van der Waals surface area contributed by atoms with E-state index in [1.54, 1.807) is 0 Å². The molecule has 0 atom stereocenters. The summed E-state index contributed by atoms with van der Waals surface area (Å²) < 4.78 is 0. The van der Waals surface area contributed by atoms with Crippen LogP contribution in [0, 0.1) is 24.7 Å². The van der Waals surface area contributed by atoms with Crippen molar-refractivity contribution in [2.75, 3.05) is 0 Å². The summed E-state index contributed by atoms with van der Waals surface area (Å²) in [6, 6.07) is 8.46. The molecule has 0 unspecified atom stereocenters. The average Bonchev–Trinajstić information content (AvgIpc) is 2.28. The maximum Gasteiger partial charge on any atom is 0.0247 e. The van der Waals surface area contributed by atoms with E-state index >= 15 is 0 Å². The molecule has 15 heavy (non-hydrogen) atoms. The van der Waals surface area contributed by atoms with Gasteiger partial charge in [0.1, 0.15) is 0 Å². The van der Waals surface area contributed by atoms with Crippen LogP contribution in [0.1, 0.15) is 43.2 Å². The maximum absolute atomic E-state index is 3.42. The first-order valence-corrected chi connectivity index (χ1v) is 5.93. The Kier molecular flexibility index (Phi) is 3.45. The summed E-state index contributed by atoms with van der Waals surface area (Å²) in [6.07, 6.45) is 6.75. The molecule has 0 aromatic heterocycles. The molecule has 2 rings (SSSR count). The van der Waals surface area contributed by atoms with Gasteiger partial charge in [0.15, 0.2) is 0 Å². The highest BCUT2D eigenvalue weighted by atomic mass is 14.1. The minimum atomic E-state index is 0.652. The van der Waals surface area contributed by atoms with Crippen molar-refractivity contribution in [1.29, 1.82) is 0 Å². The minimum absolute atomic E-state index is 0.652. The molecule has 1 aliphatic carbocycles. The summed E-state index contributed by atoms with van der Waals surface area (Å²) in [6.45, 7) is 2.12. The van der Waals surface area contributed by atoms with Gasteiger partial charge in [0.2, 0.25) is 0 Å². The van der Waals surface area contributed by atoms with Crippen molar-refractivity contribution in [3.05, 3.63) is 35.4 Å². The zero-order chi connectivity index (χ0) is 10.5. The zero-order valence-electron chi connectivity index (χ0n) is 9.42. The van der Waals surface area contributed by atoms with Crippen LogP contribution >= 0.6 is 0 Å². The van der Waals surface area contributed by atoms with E-state index in [1.807, 2.05) is 0 Å². The lowest BCUT2D eigenvalue weighted by Gasteiger charge is -2.15. The van der Waals surface area contributed by atoms with Gasteiger partial charge in [-0.2, -0.15) is 0 Å². The Hall–Kier alpha value is -1.22. The Morgan fingerprint density at radius 3 is 2.67 bits per heavy atom. The second-order valence-corrected chi connectivity index (χ2v) is 4.47. The van der Waals surface area contributed by atoms with E-state index in [4.69, 9.17) is 0 Å². The summed E-state index contributed by atoms with van der Waals surface area (Å²) in [7, 11) is 0. The smallest absolute Gasteiger partial charge is 0.0247 e. The molecular formula is C15H18. The van der Waals surface area contributed by atoms with Gasteiger partial charge in [-0.25, -0.2) is 0 Å². The van der Waals surface area contributed by atoms with Crippen molar-refractivity contribution in [1.82, 2.24) is 0 Å². The Balaban J connectivity index is 2.03. The van der Waals surface area contributed by atoms with Crippen LogP contribution in [-0.2, 0) is 0 Å². The molecule has 78 valence electrons. The molecule has 0 nitrogen and oxygen atoms in total. The summed E-state index contributed by atoms with van der Waals surface area (Å²) in [5, 5.41) is 0. The van der Waals surface area contributed by atoms with Gasteiger partial charge >= 0.3 is 0 Å². The lowest BCUT2D eigenvalue weighted by Crippen LogP contribution is -2.02. The minimum Gasteiger partial charge on any atom is -0.0945 e. The van der Waals surface area contributed by atoms with Gasteiger partial charge in [-0.15, -0.1) is 0 Å². The highest BCUT2D eigenvalue weighted by molar-refractivity contribution is 5.37. The Morgan fingerprint density at radius 1 is 1.13 bits per heavy atom. The highest BCUT2D eigenvalue weighted by Crippen LogP contribution is 2.22. The maximum atomic E-state index is 3.42. The fraction of sp³-hybridized carbons (Fsp3) is 0.467. The predicted molar refractivity (Wildman–Crippen MR) is 64.6 cm³/mol. The monoisotopic (exact) mass is 198 g/mol. The number of rotatable bonds is 0. The van der Waals surface area contributed by atoms with Crippen molar-refractivity contribution < 1.29 is 0 Å². The summed E-state index contributed by atoms with van der Waals surface area (Å²) in [5.41, 5.74) is 2.46. The van der Waals surface area contributed by atoms with E-state index < -0.39 is 0 Å². The molecule has 1 aromatic rings. The molecule has 0 N–H and O–H groups in total. The van der Waals surface area contributed by atoms with E-state index in [0.717, 1.165) is 0 Å². The third kappa shape index (κ3) is 3.13. The molecule has 0 spiro atoms. The Bertz CT molecular complexity index is 373. The molecule has 0 heterocycles. The molecular weight excluding hydrogens is 180 g/mol. The van der Waals surface area contributed by atoms with Crippen molar-refractivity contribution in [3.8, 4) is 11.8 Å². The molecule has 1 aliphatic rings. The summed E-state index contributed by atoms with van der Waals surface area (Å²) >= 11 is 0. The third-order valence-electron chi connectivity index (χ3n) is 3.04. The zero-order valence-corrected chi connectivity index (χ0v) is 9.42. The van der Waals surface area contributed by atoms with Crippen molar-refractivity contribution in [2.45, 2.75) is 39.0 Å². The summed E-state index contributed by atoms with van der Waals surface area (Å²) in [5.74, 6) is 7.37. The molecule has 1 saturated carbocycles. The van der Waals surface area contributed by atoms with Crippen LogP contribution in [0.3, 0.4) is 0 Å². The number of hydrogen-bond donors (Lipinski definition) is 0. The molecule has 0 radical (unpaired) electrons. The number of hydrogen-bond acceptors (Lipinski definition) is 0. The lowest BCUT2D eigenvalue weighted by molar-refractivity contribution is 0.430. The van der Waals surface area contributed by atoms with Gasteiger partial charge in [-0.1, -0.05) is 43.2 Å². The lowest BCUT2D eigenvalue weighted by atomic mass is 9.89. The van der Waals surface area contributed by atoms with E-state index in [1.165, 1.54) is 43.2 Å². The number of aryl methyl sites for hydroxylation is 1. The second kappa shape index (κ2) is 5.03. The fourth-order valence-corrected chi connectivity index (χ4v) is 2.16. The first-order valence-electron chi connectivity index (χ1n) is 5.93. The SMILES string of the molecule is Cc1cccc(C#CC2CCCCC2)c1. The van der Waals surface area contributed by atoms with E-state index in [9.17, 15) is 0 Å². The van der Waals surface area contributed by atoms with Gasteiger partial charge in [0.05, 0.1) is 0 Å². The predicted octanol–water partition coefficient (Wildman–Crippen LogP) is 3.93. The molecule has 0 aliphatic heterocycles. The largest absolute Gasteiger partial charge is 0.0945 e. The third-order valence-corrected chi connectivity index (χ3v) is 3.04. The standard InChI is InChI=1S/C15H18/c1-13-6-5-9-15(12-13)11-10-14-7-3-2-4-8-14/h5-6,9,12,14H,2-4,7-8H2,1H3. The molecule has 0 amide bonds. The first-order chi connectivity index (χ1) is 7.34. The topological polar surface area (TPSA) is 0 Å². The van der Waals surface area contributed by atoms with E-state index in [2.05, 4.69) is 43.0 Å². The average molecular weight is 198 g/mol. The van der Waals surface area contributed by atoms with Crippen LogP contribution in [0.5, 0.6) is 0 Å². The van der Waals surface area contributed by atoms with Crippen LogP contribution in [0.4, 0.5) is 0 Å². The Labute approximate surface area is 92.7 Å². The molecule has 0 saturated heterocycles. The van der Waals surface area contributed by atoms with Crippen molar-refractivity contribution in [2.24, 2.45) is 5.92 Å². The highest BCUT2D eigenvalue weighted by Gasteiger charge is 2.09. The quantitative estimate of drug-likeness (QED) is 0.554. The van der Waals surface area contributed by atoms with Crippen molar-refractivity contribution in [3.63, 3.8) is 0 Å². The van der Waals surface area contributed by atoms with Crippen LogP contribution in [0.15, 0.2) is 24.3 Å². The van der Waals surface area contributed by atoms with Crippen LogP contribution in [-0.4, -0.2) is 0 Å². The van der Waals surface area contributed by atoms with Gasteiger partial charge in [0, 0.05) is 11.5 Å². The second-order valence-electron chi connectivity index (χ2n) is 4.47. The number of benzene rings is 1. The van der Waals surface area contributed by atoms with Crippen LogP contribution < -0.4 is 0 Å². The molecule has 0 bridgehead atoms. The fourth-order valence-electron chi connectivity index (χ4n) is 2.16. The Morgan fingerprint density at radius 2 is 1.93 bits per heavy atom. The van der Waals surface area contributed by atoms with Crippen LogP contribution in [0.25, 0.3) is 0 Å². The molecule has 1 fully saturated rings. The van der Waals surface area contributed by atoms with Crippen molar-refractivity contribution >= 4 is 0 Å². The van der Waals surface area contributed by atoms with E-state index in [-0.39, 0.29) is 0 Å². The van der Waals surface area contributed by atoms with Gasteiger partial charge in [-0.05, 0) is 37.5 Å². The normalized spacial score (nSPS) is 16.9. The van der Waals surface area contributed by atoms with E-state index in [0.29, 0.717) is 5.92 Å². The molecule has 1 aromatic carbocycles.